The molecule has 22 heteroatoms. The first-order valence-corrected chi connectivity index (χ1v) is 38.1. The average molecular weight is 1330 g/mol. The molecule has 1 saturated heterocycles. The highest BCUT2D eigenvalue weighted by molar-refractivity contribution is 7.46. The Balaban J connectivity index is 3.71. The van der Waals surface area contributed by atoms with Gasteiger partial charge in [-0.2, -0.15) is 0 Å². The first-order chi connectivity index (χ1) is 44.3. The number of hydrogen-bond acceptors (Lipinski definition) is 16. The number of phosphoric ester groups is 1. The Kier molecular flexibility index (Phi) is 53.0. The van der Waals surface area contributed by atoms with Crippen LogP contribution < -0.4 is 10.6 Å². The molecule has 0 bridgehead atoms. The first kappa shape index (κ1) is 86.3. The summed E-state index contributed by atoms with van der Waals surface area (Å²) >= 11 is 0. The molecule has 0 spiro atoms. The molecule has 1 aliphatic heterocycles. The normalized spacial score (nSPS) is 17.9. The fraction of sp³-hybridized carbons (Fsp3) is 0.900. The maximum atomic E-state index is 14.6. The molecule has 9 atom stereocenters. The van der Waals surface area contributed by atoms with Gasteiger partial charge in [-0.25, -0.2) is 9.36 Å². The lowest BCUT2D eigenvalue weighted by Crippen LogP contribution is -2.66. The van der Waals surface area contributed by atoms with Gasteiger partial charge in [-0.1, -0.05) is 234 Å². The van der Waals surface area contributed by atoms with E-state index in [1.165, 1.54) is 51.4 Å². The van der Waals surface area contributed by atoms with Gasteiger partial charge >= 0.3 is 37.7 Å². The van der Waals surface area contributed by atoms with Gasteiger partial charge in [0.25, 0.3) is 0 Å². The molecular weight excluding hydrogens is 1200 g/mol. The number of hydrogen-bond donors (Lipinski definition) is 6. The second kappa shape index (κ2) is 56.5. The van der Waals surface area contributed by atoms with Crippen LogP contribution in [-0.4, -0.2) is 130 Å². The number of rotatable bonds is 62. The summed E-state index contributed by atoms with van der Waals surface area (Å²) in [6, 6.07) is -3.26. The molecule has 92 heavy (non-hydrogen) atoms. The standard InChI is InChI=1S/C70H129N2O19P/c1-7-13-19-22-25-28-31-34-40-43-55(86-62(76)46-37-16-10-4)51-60(74)71-58(69(80)81)49-50-85-70-66(72-61(75)52-56(87-63(77)47-38-17-11-5)44-41-35-32-29-26-23-20-14-8-2)68(67(59(54-73)89-70)91-92(82,83)84)90-65(79)53-57(88-64(78)48-39-18-12-6)45-42-36-33-30-27-24-21-15-9-3/h55-59,66-68,70,73H,7-54H2,1-6H3,(H,71,74)(H,72,75)(H,80,81)(H2,82,83,84)/t55-,56-,57-,58+,59?,66?,67-,68-,70-/m1/s1. The number of aliphatic carboxylic acids is 1. The number of carboxylic acid groups (broad SMARTS) is 1. The minimum atomic E-state index is -5.51. The fourth-order valence-electron chi connectivity index (χ4n) is 11.6. The Labute approximate surface area is 554 Å². The van der Waals surface area contributed by atoms with Crippen LogP contribution >= 0.6 is 7.82 Å². The van der Waals surface area contributed by atoms with Gasteiger partial charge in [0.2, 0.25) is 11.8 Å². The number of aliphatic hydroxyl groups is 1. The number of amides is 2. The largest absolute Gasteiger partial charge is 0.480 e. The van der Waals surface area contributed by atoms with Crippen LogP contribution in [0.1, 0.15) is 337 Å². The van der Waals surface area contributed by atoms with Crippen molar-refractivity contribution in [1.29, 1.82) is 0 Å². The van der Waals surface area contributed by atoms with Crippen LogP contribution in [0.25, 0.3) is 0 Å². The smallest absolute Gasteiger partial charge is 0.470 e. The number of ether oxygens (including phenoxy) is 6. The third kappa shape index (κ3) is 45.6. The van der Waals surface area contributed by atoms with Gasteiger partial charge in [-0.3, -0.25) is 33.3 Å². The van der Waals surface area contributed by atoms with E-state index in [-0.39, 0.29) is 25.7 Å². The van der Waals surface area contributed by atoms with E-state index in [1.807, 2.05) is 20.8 Å². The van der Waals surface area contributed by atoms with E-state index in [4.69, 9.17) is 32.9 Å². The van der Waals surface area contributed by atoms with Gasteiger partial charge in [-0.05, 0) is 57.8 Å². The van der Waals surface area contributed by atoms with E-state index in [0.29, 0.717) is 57.8 Å². The lowest BCUT2D eigenvalue weighted by molar-refractivity contribution is -0.271. The molecule has 0 aromatic heterocycles. The van der Waals surface area contributed by atoms with Crippen LogP contribution in [0, 0.1) is 0 Å². The van der Waals surface area contributed by atoms with Crippen molar-refractivity contribution in [2.75, 3.05) is 13.2 Å². The highest BCUT2D eigenvalue weighted by Crippen LogP contribution is 2.42. The molecule has 0 aromatic rings. The molecule has 538 valence electrons. The zero-order chi connectivity index (χ0) is 68.0. The molecule has 21 nitrogen and oxygen atoms in total. The summed E-state index contributed by atoms with van der Waals surface area (Å²) < 4.78 is 54.1. The Morgan fingerprint density at radius 3 is 1.15 bits per heavy atom. The fourth-order valence-corrected chi connectivity index (χ4v) is 12.2. The van der Waals surface area contributed by atoms with E-state index in [9.17, 15) is 58.1 Å². The summed E-state index contributed by atoms with van der Waals surface area (Å²) in [5.41, 5.74) is 0. The van der Waals surface area contributed by atoms with Gasteiger partial charge < -0.3 is 59.1 Å². The topological polar surface area (TPSA) is 306 Å². The average Bonchev–Trinajstić information content (AvgIpc) is 2.74. The molecule has 0 aromatic carbocycles. The number of esters is 4. The summed E-state index contributed by atoms with van der Waals surface area (Å²) in [6.07, 6.45) is 24.7. The first-order valence-electron chi connectivity index (χ1n) is 36.6. The molecule has 0 saturated carbocycles. The van der Waals surface area contributed by atoms with Crippen molar-refractivity contribution in [2.24, 2.45) is 0 Å². The number of carbonyl (C=O) groups is 7. The molecule has 1 fully saturated rings. The Morgan fingerprint density at radius 2 is 0.793 bits per heavy atom. The molecule has 1 heterocycles. The summed E-state index contributed by atoms with van der Waals surface area (Å²) in [5, 5.41) is 26.5. The van der Waals surface area contributed by atoms with Gasteiger partial charge in [0.15, 0.2) is 12.4 Å². The zero-order valence-corrected chi connectivity index (χ0v) is 58.9. The van der Waals surface area contributed by atoms with Crippen LogP contribution in [0.5, 0.6) is 0 Å². The highest BCUT2D eigenvalue weighted by atomic mass is 31.2. The number of unbranched alkanes of at least 4 members (excludes halogenated alkanes) is 30. The maximum absolute atomic E-state index is 14.6. The van der Waals surface area contributed by atoms with Crippen LogP contribution in [-0.2, 0) is 71.1 Å². The minimum Gasteiger partial charge on any atom is -0.480 e. The van der Waals surface area contributed by atoms with Crippen molar-refractivity contribution in [2.45, 2.75) is 392 Å². The quantitative estimate of drug-likeness (QED) is 0.0143. The number of carboxylic acids is 1. The molecule has 2 amide bonds. The third-order valence-corrected chi connectivity index (χ3v) is 17.5. The third-order valence-electron chi connectivity index (χ3n) is 17.0. The van der Waals surface area contributed by atoms with E-state index in [1.54, 1.807) is 0 Å². The number of phosphoric acid groups is 1. The van der Waals surface area contributed by atoms with Crippen molar-refractivity contribution in [3.8, 4) is 0 Å². The highest BCUT2D eigenvalue weighted by Gasteiger charge is 2.52. The second-order valence-electron chi connectivity index (χ2n) is 25.6. The van der Waals surface area contributed by atoms with Gasteiger partial charge in [0.05, 0.1) is 32.5 Å². The summed E-state index contributed by atoms with van der Waals surface area (Å²) in [6.45, 7) is 11.0. The number of nitrogens with one attached hydrogen (secondary N) is 2. The molecular formula is C70H129N2O19P. The Hall–Kier alpha value is -3.72. The summed E-state index contributed by atoms with van der Waals surface area (Å²) in [5.74, 6) is -5.31. The Bertz CT molecular complexity index is 1980. The summed E-state index contributed by atoms with van der Waals surface area (Å²) in [4.78, 5) is 116. The lowest BCUT2D eigenvalue weighted by Gasteiger charge is -2.45. The van der Waals surface area contributed by atoms with Crippen molar-refractivity contribution in [1.82, 2.24) is 10.6 Å². The van der Waals surface area contributed by atoms with E-state index < -0.39 is 137 Å². The van der Waals surface area contributed by atoms with Crippen LogP contribution in [0.2, 0.25) is 0 Å². The van der Waals surface area contributed by atoms with Crippen molar-refractivity contribution in [3.05, 3.63) is 0 Å². The SMILES string of the molecule is CCCCCCCCCCC[C@H](CC(=O)NC1[C@H](OCC[C@H](NC(=O)C[C@@H](CCCCCCCCCCC)OC(=O)CCCCC)C(=O)O)OC(CO)[C@@H](OP(=O)(O)O)[C@@H]1OC(=O)C[C@@H](CCCCCCCCCCC)OC(=O)CCCCC)OC(=O)CCCCC. The van der Waals surface area contributed by atoms with Crippen molar-refractivity contribution >= 4 is 49.5 Å². The van der Waals surface area contributed by atoms with Crippen molar-refractivity contribution < 1.29 is 91.1 Å². The maximum Gasteiger partial charge on any atom is 0.470 e. The second-order valence-corrected chi connectivity index (χ2v) is 26.8. The van der Waals surface area contributed by atoms with Crippen molar-refractivity contribution in [3.63, 3.8) is 0 Å². The number of aliphatic hydroxyl groups excluding tert-OH is 1. The Morgan fingerprint density at radius 1 is 0.446 bits per heavy atom. The van der Waals surface area contributed by atoms with E-state index in [2.05, 4.69) is 31.4 Å². The van der Waals surface area contributed by atoms with Gasteiger partial charge in [0, 0.05) is 25.7 Å². The monoisotopic (exact) mass is 1330 g/mol. The predicted molar refractivity (Wildman–Crippen MR) is 356 cm³/mol. The summed E-state index contributed by atoms with van der Waals surface area (Å²) in [7, 11) is -5.51. The van der Waals surface area contributed by atoms with Crippen LogP contribution in [0.15, 0.2) is 0 Å². The molecule has 1 aliphatic rings. The molecule has 6 N–H and O–H groups in total. The predicted octanol–water partition coefficient (Wildman–Crippen LogP) is 15.0. The van der Waals surface area contributed by atoms with Crippen LogP contribution in [0.3, 0.4) is 0 Å². The molecule has 2 unspecified atom stereocenters. The molecule has 1 rings (SSSR count). The lowest BCUT2D eigenvalue weighted by atomic mass is 9.95. The number of carbonyl (C=O) groups excluding carboxylic acids is 6. The van der Waals surface area contributed by atoms with E-state index >= 15 is 0 Å². The van der Waals surface area contributed by atoms with Gasteiger partial charge in [0.1, 0.15) is 42.6 Å². The zero-order valence-electron chi connectivity index (χ0n) is 58.0. The van der Waals surface area contributed by atoms with E-state index in [0.717, 1.165) is 141 Å². The van der Waals surface area contributed by atoms with Gasteiger partial charge in [-0.15, -0.1) is 0 Å². The minimum absolute atomic E-state index is 0.121. The van der Waals surface area contributed by atoms with Crippen LogP contribution in [0.4, 0.5) is 0 Å². The molecule has 0 radical (unpaired) electrons. The molecule has 0 aliphatic carbocycles.